The Hall–Kier alpha value is -2.41. The van der Waals surface area contributed by atoms with Crippen LogP contribution in [0.5, 0.6) is 5.75 Å². The third kappa shape index (κ3) is 3.87. The van der Waals surface area contributed by atoms with Gasteiger partial charge < -0.3 is 4.74 Å². The second-order valence-electron chi connectivity index (χ2n) is 4.86. The van der Waals surface area contributed by atoms with Gasteiger partial charge in [0.05, 0.1) is 13.7 Å². The number of ether oxygens (including phenoxy) is 1. The molecule has 0 fully saturated rings. The van der Waals surface area contributed by atoms with Gasteiger partial charge in [-0.1, -0.05) is 48.2 Å². The quantitative estimate of drug-likeness (QED) is 0.650. The molecule has 2 aromatic carbocycles. The number of nitrogens with zero attached hydrogens (tertiary/aromatic N) is 4. The Morgan fingerprint density at radius 3 is 2.70 bits per heavy atom. The van der Waals surface area contributed by atoms with E-state index < -0.39 is 0 Å². The third-order valence-corrected chi connectivity index (χ3v) is 4.29. The summed E-state index contributed by atoms with van der Waals surface area (Å²) in [5.41, 5.74) is 1.97. The molecule has 0 bridgehead atoms. The van der Waals surface area contributed by atoms with Crippen molar-refractivity contribution in [2.24, 2.45) is 0 Å². The monoisotopic (exact) mass is 330 g/mol. The van der Waals surface area contributed by atoms with Crippen molar-refractivity contribution in [3.05, 3.63) is 65.5 Å². The number of rotatable bonds is 6. The number of tetrazole rings is 1. The summed E-state index contributed by atoms with van der Waals surface area (Å²) in [4.78, 5) is 0. The van der Waals surface area contributed by atoms with E-state index >= 15 is 0 Å². The van der Waals surface area contributed by atoms with Crippen molar-refractivity contribution in [1.29, 1.82) is 0 Å². The van der Waals surface area contributed by atoms with Crippen LogP contribution >= 0.6 is 11.8 Å². The zero-order valence-electron chi connectivity index (χ0n) is 12.5. The molecule has 1 heterocycles. The van der Waals surface area contributed by atoms with Crippen molar-refractivity contribution in [1.82, 2.24) is 20.2 Å². The van der Waals surface area contributed by atoms with Gasteiger partial charge >= 0.3 is 0 Å². The zero-order chi connectivity index (χ0) is 16.1. The standard InChI is InChI=1S/C16H15FN4OS/c1-22-15-8-7-13(9-14(15)17)11-23-16-18-19-20-21(16)10-12-5-3-2-4-6-12/h2-9H,10-11H2,1H3. The lowest BCUT2D eigenvalue weighted by molar-refractivity contribution is 0.386. The Morgan fingerprint density at radius 2 is 1.96 bits per heavy atom. The van der Waals surface area contributed by atoms with Gasteiger partial charge in [0, 0.05) is 5.75 Å². The Labute approximate surface area is 137 Å². The summed E-state index contributed by atoms with van der Waals surface area (Å²) < 4.78 is 20.4. The summed E-state index contributed by atoms with van der Waals surface area (Å²) in [5, 5.41) is 12.5. The Balaban J connectivity index is 1.67. The number of hydrogen-bond acceptors (Lipinski definition) is 5. The van der Waals surface area contributed by atoms with Gasteiger partial charge in [-0.25, -0.2) is 9.07 Å². The normalized spacial score (nSPS) is 10.7. The average Bonchev–Trinajstić information content (AvgIpc) is 3.01. The average molecular weight is 330 g/mol. The highest BCUT2D eigenvalue weighted by Gasteiger charge is 2.09. The van der Waals surface area contributed by atoms with E-state index in [9.17, 15) is 4.39 Å². The second-order valence-corrected chi connectivity index (χ2v) is 5.80. The fraction of sp³-hybridized carbons (Fsp3) is 0.188. The fourth-order valence-electron chi connectivity index (χ4n) is 2.10. The molecule has 0 atom stereocenters. The number of hydrogen-bond donors (Lipinski definition) is 0. The first kappa shape index (κ1) is 15.5. The molecule has 0 unspecified atom stereocenters. The van der Waals surface area contributed by atoms with E-state index in [0.29, 0.717) is 17.5 Å². The minimum Gasteiger partial charge on any atom is -0.494 e. The molecule has 0 radical (unpaired) electrons. The van der Waals surface area contributed by atoms with Crippen LogP contribution in [-0.2, 0) is 12.3 Å². The molecular weight excluding hydrogens is 315 g/mol. The molecule has 0 amide bonds. The molecule has 0 aliphatic heterocycles. The van der Waals surface area contributed by atoms with E-state index in [-0.39, 0.29) is 11.6 Å². The molecule has 0 aliphatic carbocycles. The predicted molar refractivity (Wildman–Crippen MR) is 85.9 cm³/mol. The van der Waals surface area contributed by atoms with Crippen LogP contribution in [0.15, 0.2) is 53.7 Å². The van der Waals surface area contributed by atoms with Crippen LogP contribution in [0.25, 0.3) is 0 Å². The molecule has 118 valence electrons. The molecule has 0 spiro atoms. The number of methoxy groups -OCH3 is 1. The molecule has 23 heavy (non-hydrogen) atoms. The Bertz CT molecular complexity index is 779. The maximum absolute atomic E-state index is 13.7. The van der Waals surface area contributed by atoms with Crippen molar-refractivity contribution in [2.75, 3.05) is 7.11 Å². The number of halogens is 1. The van der Waals surface area contributed by atoms with Crippen LogP contribution < -0.4 is 4.74 Å². The zero-order valence-corrected chi connectivity index (χ0v) is 13.3. The van der Waals surface area contributed by atoms with Crippen molar-refractivity contribution in [2.45, 2.75) is 17.5 Å². The minimum absolute atomic E-state index is 0.243. The molecule has 7 heteroatoms. The fourth-order valence-corrected chi connectivity index (χ4v) is 2.92. The Kier molecular flexibility index (Phi) is 4.87. The van der Waals surface area contributed by atoms with Gasteiger partial charge in [0.25, 0.3) is 0 Å². The highest BCUT2D eigenvalue weighted by Crippen LogP contribution is 2.24. The van der Waals surface area contributed by atoms with Gasteiger partial charge in [-0.05, 0) is 33.7 Å². The highest BCUT2D eigenvalue weighted by atomic mass is 32.2. The number of thioether (sulfide) groups is 1. The van der Waals surface area contributed by atoms with E-state index in [1.54, 1.807) is 10.7 Å². The largest absolute Gasteiger partial charge is 0.494 e. The van der Waals surface area contributed by atoms with E-state index in [0.717, 1.165) is 11.1 Å². The van der Waals surface area contributed by atoms with Crippen LogP contribution in [0.3, 0.4) is 0 Å². The summed E-state index contributed by atoms with van der Waals surface area (Å²) >= 11 is 1.47. The third-order valence-electron chi connectivity index (χ3n) is 3.26. The molecule has 5 nitrogen and oxygen atoms in total. The van der Waals surface area contributed by atoms with Crippen LogP contribution in [0.4, 0.5) is 4.39 Å². The van der Waals surface area contributed by atoms with E-state index in [1.165, 1.54) is 24.9 Å². The highest BCUT2D eigenvalue weighted by molar-refractivity contribution is 7.98. The van der Waals surface area contributed by atoms with Gasteiger partial charge in [0.1, 0.15) is 0 Å². The molecule has 3 rings (SSSR count). The topological polar surface area (TPSA) is 52.8 Å². The Morgan fingerprint density at radius 1 is 1.13 bits per heavy atom. The van der Waals surface area contributed by atoms with Crippen LogP contribution in [0.2, 0.25) is 0 Å². The SMILES string of the molecule is COc1ccc(CSc2nnnn2Cc2ccccc2)cc1F. The molecule has 0 N–H and O–H groups in total. The lowest BCUT2D eigenvalue weighted by Crippen LogP contribution is -2.03. The summed E-state index contributed by atoms with van der Waals surface area (Å²) in [7, 11) is 1.45. The van der Waals surface area contributed by atoms with E-state index in [1.807, 2.05) is 36.4 Å². The first-order chi connectivity index (χ1) is 11.3. The summed E-state index contributed by atoms with van der Waals surface area (Å²) in [6, 6.07) is 14.9. The maximum atomic E-state index is 13.7. The summed E-state index contributed by atoms with van der Waals surface area (Å²) in [6.07, 6.45) is 0. The first-order valence-corrected chi connectivity index (χ1v) is 8.00. The van der Waals surface area contributed by atoms with Gasteiger partial charge in [-0.3, -0.25) is 0 Å². The summed E-state index contributed by atoms with van der Waals surface area (Å²) in [5.74, 6) is 0.456. The molecule has 3 aromatic rings. The second kappa shape index (κ2) is 7.23. The van der Waals surface area contributed by atoms with Crippen molar-refractivity contribution >= 4 is 11.8 Å². The van der Waals surface area contributed by atoms with Crippen molar-refractivity contribution < 1.29 is 9.13 Å². The van der Waals surface area contributed by atoms with Gasteiger partial charge in [-0.15, -0.1) is 5.10 Å². The van der Waals surface area contributed by atoms with Gasteiger partial charge in [0.15, 0.2) is 11.6 Å². The summed E-state index contributed by atoms with van der Waals surface area (Å²) in [6.45, 7) is 0.604. The smallest absolute Gasteiger partial charge is 0.209 e. The lowest BCUT2D eigenvalue weighted by Gasteiger charge is -2.06. The molecule has 0 saturated heterocycles. The molecule has 0 aliphatic rings. The lowest BCUT2D eigenvalue weighted by atomic mass is 10.2. The number of aromatic nitrogens is 4. The van der Waals surface area contributed by atoms with Gasteiger partial charge in [0.2, 0.25) is 5.16 Å². The maximum Gasteiger partial charge on any atom is 0.209 e. The van der Waals surface area contributed by atoms with Gasteiger partial charge in [-0.2, -0.15) is 0 Å². The first-order valence-electron chi connectivity index (χ1n) is 7.01. The van der Waals surface area contributed by atoms with Crippen LogP contribution in [0, 0.1) is 5.82 Å². The van der Waals surface area contributed by atoms with Crippen molar-refractivity contribution in [3.63, 3.8) is 0 Å². The number of benzene rings is 2. The molecule has 1 aromatic heterocycles. The minimum atomic E-state index is -0.366. The molecule has 0 saturated carbocycles. The van der Waals surface area contributed by atoms with Crippen molar-refractivity contribution in [3.8, 4) is 5.75 Å². The van der Waals surface area contributed by atoms with Crippen LogP contribution in [-0.4, -0.2) is 27.3 Å². The van der Waals surface area contributed by atoms with E-state index in [2.05, 4.69) is 15.5 Å². The predicted octanol–water partition coefficient (Wildman–Crippen LogP) is 3.16. The van der Waals surface area contributed by atoms with E-state index in [4.69, 9.17) is 4.74 Å². The molecular formula is C16H15FN4OS. The van der Waals surface area contributed by atoms with Crippen LogP contribution in [0.1, 0.15) is 11.1 Å².